The number of nitrogens with zero attached hydrogens (tertiary/aromatic N) is 1. The second-order valence-corrected chi connectivity index (χ2v) is 7.52. The minimum Gasteiger partial charge on any atom is -0.480 e. The molecule has 1 aliphatic carbocycles. The zero-order valence-electron chi connectivity index (χ0n) is 16.4. The lowest BCUT2D eigenvalue weighted by molar-refractivity contribution is -0.120. The van der Waals surface area contributed by atoms with E-state index in [1.54, 1.807) is 18.3 Å². The third-order valence-corrected chi connectivity index (χ3v) is 5.50. The Bertz CT molecular complexity index is 908. The van der Waals surface area contributed by atoms with Gasteiger partial charge in [-0.15, -0.1) is 0 Å². The third-order valence-electron chi connectivity index (χ3n) is 5.50. The molecule has 1 unspecified atom stereocenters. The van der Waals surface area contributed by atoms with Crippen molar-refractivity contribution in [1.82, 2.24) is 10.3 Å². The first-order valence-electron chi connectivity index (χ1n) is 9.92. The Morgan fingerprint density at radius 3 is 2.79 bits per heavy atom. The topological polar surface area (TPSA) is 95.5 Å². The van der Waals surface area contributed by atoms with Crippen molar-refractivity contribution < 1.29 is 14.6 Å². The number of aromatic nitrogens is 1. The minimum absolute atomic E-state index is 0.113. The van der Waals surface area contributed by atoms with E-state index in [2.05, 4.69) is 20.9 Å². The molecule has 29 heavy (non-hydrogen) atoms. The molecule has 152 valence electrons. The predicted molar refractivity (Wildman–Crippen MR) is 113 cm³/mol. The van der Waals surface area contributed by atoms with Gasteiger partial charge >= 0.3 is 0 Å². The van der Waals surface area contributed by atoms with Crippen molar-refractivity contribution in [1.29, 1.82) is 0 Å². The van der Waals surface area contributed by atoms with E-state index in [1.165, 1.54) is 7.11 Å². The number of fused-ring (bicyclic) bond motifs is 1. The number of anilines is 2. The summed E-state index contributed by atoms with van der Waals surface area (Å²) < 4.78 is 5.27. The summed E-state index contributed by atoms with van der Waals surface area (Å²) >= 11 is 0. The second kappa shape index (κ2) is 8.23. The SMILES string of the molecule is COc1ncccc1NC(=O)C1(N[C@H]2CC[C@H](O)CC2)C=Cc2ccccc2N1. The van der Waals surface area contributed by atoms with Crippen LogP contribution in [0.3, 0.4) is 0 Å². The molecule has 0 radical (unpaired) electrons. The van der Waals surface area contributed by atoms with E-state index in [9.17, 15) is 9.90 Å². The van der Waals surface area contributed by atoms with Gasteiger partial charge in [-0.05, 0) is 55.5 Å². The molecule has 0 saturated heterocycles. The van der Waals surface area contributed by atoms with Crippen LogP contribution in [0.25, 0.3) is 6.08 Å². The molecule has 2 heterocycles. The first-order chi connectivity index (χ1) is 14.1. The van der Waals surface area contributed by atoms with Crippen LogP contribution in [-0.4, -0.2) is 40.9 Å². The summed E-state index contributed by atoms with van der Waals surface area (Å²) in [5, 5.41) is 19.7. The van der Waals surface area contributed by atoms with Crippen molar-refractivity contribution in [3.05, 3.63) is 54.2 Å². The second-order valence-electron chi connectivity index (χ2n) is 7.52. The zero-order valence-corrected chi connectivity index (χ0v) is 16.4. The lowest BCUT2D eigenvalue weighted by Gasteiger charge is -2.40. The van der Waals surface area contributed by atoms with Gasteiger partial charge < -0.3 is 20.5 Å². The van der Waals surface area contributed by atoms with Gasteiger partial charge in [-0.3, -0.25) is 10.1 Å². The number of methoxy groups -OCH3 is 1. The van der Waals surface area contributed by atoms with Gasteiger partial charge in [0.25, 0.3) is 5.91 Å². The first-order valence-corrected chi connectivity index (χ1v) is 9.92. The van der Waals surface area contributed by atoms with Crippen molar-refractivity contribution in [3.8, 4) is 5.88 Å². The van der Waals surface area contributed by atoms with E-state index in [1.807, 2.05) is 36.4 Å². The molecule has 2 aromatic rings. The monoisotopic (exact) mass is 394 g/mol. The molecule has 1 aromatic heterocycles. The number of nitrogens with one attached hydrogen (secondary N) is 3. The number of amides is 1. The van der Waals surface area contributed by atoms with Crippen LogP contribution in [0, 0.1) is 0 Å². The first kappa shape index (κ1) is 19.4. The Kier molecular flexibility index (Phi) is 5.51. The molecule has 1 atom stereocenters. The normalized spacial score (nSPS) is 25.6. The molecule has 0 bridgehead atoms. The number of pyridine rings is 1. The van der Waals surface area contributed by atoms with E-state index in [0.29, 0.717) is 11.6 Å². The number of carbonyl (C=O) groups is 1. The molecular formula is C22H26N4O3. The fourth-order valence-electron chi connectivity index (χ4n) is 3.92. The fourth-order valence-corrected chi connectivity index (χ4v) is 3.92. The molecule has 4 rings (SSSR count). The molecule has 1 fully saturated rings. The minimum atomic E-state index is -1.12. The van der Waals surface area contributed by atoms with Crippen LogP contribution in [0.4, 0.5) is 11.4 Å². The Labute approximate surface area is 170 Å². The summed E-state index contributed by atoms with van der Waals surface area (Å²) in [7, 11) is 1.52. The highest BCUT2D eigenvalue weighted by atomic mass is 16.5. The molecule has 1 aliphatic heterocycles. The molecule has 4 N–H and O–H groups in total. The highest BCUT2D eigenvalue weighted by molar-refractivity contribution is 6.04. The van der Waals surface area contributed by atoms with Crippen molar-refractivity contribution in [3.63, 3.8) is 0 Å². The van der Waals surface area contributed by atoms with Crippen LogP contribution in [-0.2, 0) is 4.79 Å². The van der Waals surface area contributed by atoms with Crippen LogP contribution in [0.1, 0.15) is 31.2 Å². The number of benzene rings is 1. The van der Waals surface area contributed by atoms with E-state index in [-0.39, 0.29) is 18.1 Å². The maximum absolute atomic E-state index is 13.5. The number of rotatable bonds is 5. The molecule has 0 spiro atoms. The molecule has 2 aliphatic rings. The lowest BCUT2D eigenvalue weighted by Crippen LogP contribution is -2.63. The maximum atomic E-state index is 13.5. The van der Waals surface area contributed by atoms with Gasteiger partial charge in [-0.1, -0.05) is 24.3 Å². The van der Waals surface area contributed by atoms with E-state index in [4.69, 9.17) is 4.74 Å². The highest BCUT2D eigenvalue weighted by Crippen LogP contribution is 2.31. The largest absolute Gasteiger partial charge is 0.480 e. The molecule has 7 nitrogen and oxygen atoms in total. The maximum Gasteiger partial charge on any atom is 0.269 e. The fraction of sp³-hybridized carbons (Fsp3) is 0.364. The number of hydrogen-bond acceptors (Lipinski definition) is 6. The van der Waals surface area contributed by atoms with Crippen molar-refractivity contribution in [2.45, 2.75) is 43.5 Å². The number of para-hydroxylation sites is 1. The Hall–Kier alpha value is -2.90. The molecule has 1 saturated carbocycles. The lowest BCUT2D eigenvalue weighted by atomic mass is 9.90. The van der Waals surface area contributed by atoms with E-state index < -0.39 is 5.66 Å². The third kappa shape index (κ3) is 4.11. The predicted octanol–water partition coefficient (Wildman–Crippen LogP) is 2.76. The summed E-state index contributed by atoms with van der Waals surface area (Å²) in [6, 6.07) is 11.5. The number of ether oxygens (including phenoxy) is 1. The average Bonchev–Trinajstić information content (AvgIpc) is 2.75. The van der Waals surface area contributed by atoms with Crippen molar-refractivity contribution in [2.24, 2.45) is 0 Å². The van der Waals surface area contributed by atoms with E-state index in [0.717, 1.165) is 36.9 Å². The summed E-state index contributed by atoms with van der Waals surface area (Å²) in [4.78, 5) is 17.6. The highest BCUT2D eigenvalue weighted by Gasteiger charge is 2.41. The number of aliphatic hydroxyl groups is 1. The standard InChI is InChI=1S/C22H26N4O3/c1-29-20-19(7-4-14-23-20)24-21(28)22(25-16-8-10-17(27)11-9-16)13-12-15-5-2-3-6-18(15)26-22/h2-7,12-14,16-17,25-27H,8-11H2,1H3,(H,24,28)/t16-,17-,22?. The number of carbonyl (C=O) groups excluding carboxylic acids is 1. The summed E-state index contributed by atoms with van der Waals surface area (Å²) in [5.41, 5.74) is 1.29. The number of hydrogen-bond donors (Lipinski definition) is 4. The summed E-state index contributed by atoms with van der Waals surface area (Å²) in [5.74, 6) is 0.109. The van der Waals surface area contributed by atoms with Crippen molar-refractivity contribution >= 4 is 23.4 Å². The molecule has 1 amide bonds. The van der Waals surface area contributed by atoms with Gasteiger partial charge in [0.2, 0.25) is 5.88 Å². The average molecular weight is 394 g/mol. The van der Waals surface area contributed by atoms with Gasteiger partial charge in [0.15, 0.2) is 5.66 Å². The Balaban J connectivity index is 1.62. The van der Waals surface area contributed by atoms with Crippen LogP contribution in [0.2, 0.25) is 0 Å². The van der Waals surface area contributed by atoms with Crippen LogP contribution < -0.4 is 20.7 Å². The molecular weight excluding hydrogens is 368 g/mol. The van der Waals surface area contributed by atoms with E-state index >= 15 is 0 Å². The van der Waals surface area contributed by atoms with Crippen molar-refractivity contribution in [2.75, 3.05) is 17.7 Å². The molecule has 7 heteroatoms. The zero-order chi connectivity index (χ0) is 20.3. The number of aliphatic hydroxyl groups excluding tert-OH is 1. The Morgan fingerprint density at radius 1 is 1.21 bits per heavy atom. The van der Waals surface area contributed by atoms with Gasteiger partial charge in [-0.25, -0.2) is 4.98 Å². The van der Waals surface area contributed by atoms with Gasteiger partial charge in [0.1, 0.15) is 5.69 Å². The summed E-state index contributed by atoms with van der Waals surface area (Å²) in [6.45, 7) is 0. The summed E-state index contributed by atoms with van der Waals surface area (Å²) in [6.07, 6.45) is 8.25. The smallest absolute Gasteiger partial charge is 0.269 e. The van der Waals surface area contributed by atoms with Crippen LogP contribution >= 0.6 is 0 Å². The molecule has 1 aromatic carbocycles. The van der Waals surface area contributed by atoms with Gasteiger partial charge in [0, 0.05) is 17.9 Å². The van der Waals surface area contributed by atoms with Crippen LogP contribution in [0.15, 0.2) is 48.7 Å². The Morgan fingerprint density at radius 2 is 2.00 bits per heavy atom. The van der Waals surface area contributed by atoms with Gasteiger partial charge in [-0.2, -0.15) is 0 Å². The van der Waals surface area contributed by atoms with Crippen LogP contribution in [0.5, 0.6) is 5.88 Å². The quantitative estimate of drug-likeness (QED) is 0.623. The van der Waals surface area contributed by atoms with Gasteiger partial charge in [0.05, 0.1) is 13.2 Å².